The van der Waals surface area contributed by atoms with Crippen molar-refractivity contribution in [2.24, 2.45) is 0 Å². The molecule has 5 heteroatoms. The number of hydrogen-bond donors (Lipinski definition) is 1. The van der Waals surface area contributed by atoms with Crippen LogP contribution >= 0.6 is 11.6 Å². The van der Waals surface area contributed by atoms with E-state index in [1.807, 2.05) is 6.92 Å². The average Bonchev–Trinajstić information content (AvgIpc) is 2.62. The first-order chi connectivity index (χ1) is 12.8. The zero-order valence-corrected chi connectivity index (χ0v) is 16.5. The summed E-state index contributed by atoms with van der Waals surface area (Å²) in [6, 6.07) is 6.82. The molecule has 0 radical (unpaired) electrons. The maximum Gasteiger partial charge on any atom is 0.307 e. The van der Waals surface area contributed by atoms with Gasteiger partial charge in [0.05, 0.1) is 6.42 Å². The number of rotatable bonds is 9. The maximum absolute atomic E-state index is 14.0. The van der Waals surface area contributed by atoms with E-state index in [2.05, 4.69) is 6.58 Å². The Morgan fingerprint density at radius 3 is 2.59 bits per heavy atom. The fraction of sp³-hybridized carbons (Fsp3) is 0.227. The Kier molecular flexibility index (Phi) is 9.31. The SMILES string of the molecule is C=CC(=C\C(=C/C)Oc1cccc(CC(=O)O)c1)/C(/C=C(/Cl)CC)=C(/C)F. The number of carbonyl (C=O) groups is 1. The average molecular weight is 391 g/mol. The molecule has 0 atom stereocenters. The Bertz CT molecular complexity index is 813. The molecule has 0 aliphatic rings. The first-order valence-electron chi connectivity index (χ1n) is 8.52. The fourth-order valence-corrected chi connectivity index (χ4v) is 2.35. The zero-order chi connectivity index (χ0) is 20.4. The van der Waals surface area contributed by atoms with Crippen molar-refractivity contribution < 1.29 is 19.0 Å². The van der Waals surface area contributed by atoms with E-state index in [0.717, 1.165) is 0 Å². The first kappa shape index (κ1) is 22.5. The number of hydrogen-bond acceptors (Lipinski definition) is 2. The van der Waals surface area contributed by atoms with Crippen LogP contribution in [0, 0.1) is 0 Å². The van der Waals surface area contributed by atoms with Crippen LogP contribution in [-0.2, 0) is 11.2 Å². The highest BCUT2D eigenvalue weighted by Crippen LogP contribution is 2.25. The minimum atomic E-state index is -0.917. The summed E-state index contributed by atoms with van der Waals surface area (Å²) in [6.45, 7) is 8.77. The molecular formula is C22H24ClFO3. The normalized spacial score (nSPS) is 13.9. The summed E-state index contributed by atoms with van der Waals surface area (Å²) in [5, 5.41) is 9.44. The highest BCUT2D eigenvalue weighted by molar-refractivity contribution is 6.29. The number of halogens is 2. The summed E-state index contributed by atoms with van der Waals surface area (Å²) in [7, 11) is 0. The van der Waals surface area contributed by atoms with Crippen LogP contribution in [0.4, 0.5) is 4.39 Å². The van der Waals surface area contributed by atoms with Gasteiger partial charge in [-0.1, -0.05) is 43.3 Å². The van der Waals surface area contributed by atoms with Gasteiger partial charge in [0.2, 0.25) is 0 Å². The topological polar surface area (TPSA) is 46.5 Å². The Hall–Kier alpha value is -2.59. The number of allylic oxidation sites excluding steroid dienone is 8. The predicted octanol–water partition coefficient (Wildman–Crippen LogP) is 6.48. The van der Waals surface area contributed by atoms with Crippen molar-refractivity contribution in [1.29, 1.82) is 0 Å². The van der Waals surface area contributed by atoms with Crippen molar-refractivity contribution in [1.82, 2.24) is 0 Å². The van der Waals surface area contributed by atoms with Gasteiger partial charge in [0.15, 0.2) is 0 Å². The van der Waals surface area contributed by atoms with Gasteiger partial charge in [-0.25, -0.2) is 4.39 Å². The first-order valence-corrected chi connectivity index (χ1v) is 8.90. The minimum Gasteiger partial charge on any atom is -0.481 e. The number of benzene rings is 1. The van der Waals surface area contributed by atoms with Gasteiger partial charge in [-0.3, -0.25) is 4.79 Å². The zero-order valence-electron chi connectivity index (χ0n) is 15.8. The van der Waals surface area contributed by atoms with Crippen LogP contribution in [-0.4, -0.2) is 11.1 Å². The molecule has 0 heterocycles. The number of carboxylic acid groups (broad SMARTS) is 1. The number of ether oxygens (including phenoxy) is 1. The third kappa shape index (κ3) is 7.67. The van der Waals surface area contributed by atoms with Gasteiger partial charge in [0.25, 0.3) is 0 Å². The second-order valence-electron chi connectivity index (χ2n) is 5.71. The molecular weight excluding hydrogens is 367 g/mol. The number of carboxylic acids is 1. The molecule has 0 amide bonds. The summed E-state index contributed by atoms with van der Waals surface area (Å²) in [5.41, 5.74) is 1.48. The molecule has 3 nitrogen and oxygen atoms in total. The molecule has 0 bridgehead atoms. The molecule has 27 heavy (non-hydrogen) atoms. The van der Waals surface area contributed by atoms with E-state index in [-0.39, 0.29) is 12.2 Å². The molecule has 1 aromatic carbocycles. The lowest BCUT2D eigenvalue weighted by atomic mass is 10.0. The minimum absolute atomic E-state index is 0.0929. The molecule has 1 N–H and O–H groups in total. The van der Waals surface area contributed by atoms with E-state index in [0.29, 0.717) is 39.7 Å². The summed E-state index contributed by atoms with van der Waals surface area (Å²) >= 11 is 6.07. The van der Waals surface area contributed by atoms with Gasteiger partial charge >= 0.3 is 5.97 Å². The molecule has 1 rings (SSSR count). The molecule has 1 aromatic rings. The monoisotopic (exact) mass is 390 g/mol. The molecule has 0 aliphatic heterocycles. The van der Waals surface area contributed by atoms with Crippen LogP contribution < -0.4 is 4.74 Å². The van der Waals surface area contributed by atoms with Gasteiger partial charge < -0.3 is 9.84 Å². The lowest BCUT2D eigenvalue weighted by Gasteiger charge is -2.11. The van der Waals surface area contributed by atoms with E-state index in [1.165, 1.54) is 13.0 Å². The van der Waals surface area contributed by atoms with Gasteiger partial charge in [-0.15, -0.1) is 0 Å². The van der Waals surface area contributed by atoms with Crippen molar-refractivity contribution >= 4 is 17.6 Å². The largest absolute Gasteiger partial charge is 0.481 e. The van der Waals surface area contributed by atoms with Crippen molar-refractivity contribution in [3.63, 3.8) is 0 Å². The van der Waals surface area contributed by atoms with Crippen molar-refractivity contribution in [3.05, 3.63) is 88.5 Å². The third-order valence-corrected chi connectivity index (χ3v) is 3.99. The molecule has 0 saturated carbocycles. The van der Waals surface area contributed by atoms with Gasteiger partial charge in [-0.05, 0) is 61.8 Å². The molecule has 144 valence electrons. The Morgan fingerprint density at radius 1 is 1.37 bits per heavy atom. The van der Waals surface area contributed by atoms with E-state index >= 15 is 0 Å². The van der Waals surface area contributed by atoms with Gasteiger partial charge in [-0.2, -0.15) is 0 Å². The molecule has 0 aromatic heterocycles. The predicted molar refractivity (Wildman–Crippen MR) is 108 cm³/mol. The summed E-state index contributed by atoms with van der Waals surface area (Å²) in [6.07, 6.45) is 6.99. The molecule has 0 fully saturated rings. The summed E-state index contributed by atoms with van der Waals surface area (Å²) in [4.78, 5) is 10.9. The van der Waals surface area contributed by atoms with E-state index in [1.54, 1.807) is 49.4 Å². The van der Waals surface area contributed by atoms with Gasteiger partial charge in [0.1, 0.15) is 17.3 Å². The highest BCUT2D eigenvalue weighted by atomic mass is 35.5. The van der Waals surface area contributed by atoms with Crippen molar-refractivity contribution in [2.75, 3.05) is 0 Å². The Morgan fingerprint density at radius 2 is 2.07 bits per heavy atom. The maximum atomic E-state index is 14.0. The van der Waals surface area contributed by atoms with Crippen LogP contribution in [0.15, 0.2) is 82.9 Å². The van der Waals surface area contributed by atoms with E-state index in [9.17, 15) is 9.18 Å². The van der Waals surface area contributed by atoms with Crippen molar-refractivity contribution in [2.45, 2.75) is 33.6 Å². The van der Waals surface area contributed by atoms with E-state index in [4.69, 9.17) is 21.4 Å². The summed E-state index contributed by atoms with van der Waals surface area (Å²) in [5.74, 6) is -0.338. The summed E-state index contributed by atoms with van der Waals surface area (Å²) < 4.78 is 19.9. The fourth-order valence-electron chi connectivity index (χ4n) is 2.24. The molecule has 0 spiro atoms. The van der Waals surface area contributed by atoms with Crippen LogP contribution in [0.1, 0.15) is 32.8 Å². The Labute approximate surface area is 164 Å². The quantitative estimate of drug-likeness (QED) is 0.387. The van der Waals surface area contributed by atoms with Crippen LogP contribution in [0.2, 0.25) is 0 Å². The second-order valence-corrected chi connectivity index (χ2v) is 6.19. The van der Waals surface area contributed by atoms with Crippen LogP contribution in [0.25, 0.3) is 0 Å². The highest BCUT2D eigenvalue weighted by Gasteiger charge is 2.08. The molecule has 0 saturated heterocycles. The van der Waals surface area contributed by atoms with Crippen molar-refractivity contribution in [3.8, 4) is 5.75 Å². The standard InChI is InChI=1S/C22H24ClFO3/c1-5-17(21(15(4)24)14-18(23)6-2)13-19(7-3)27-20-10-8-9-16(11-20)12-22(25)26/h5,7-11,13-14H,1,6,12H2,2-4H3,(H,25,26)/b17-13+,18-14+,19-7+,21-15-. The lowest BCUT2D eigenvalue weighted by Crippen LogP contribution is -2.01. The van der Waals surface area contributed by atoms with Gasteiger partial charge in [0, 0.05) is 10.6 Å². The molecule has 0 aliphatic carbocycles. The Balaban J connectivity index is 3.18. The second kappa shape index (κ2) is 11.2. The third-order valence-electron chi connectivity index (χ3n) is 3.61. The van der Waals surface area contributed by atoms with E-state index < -0.39 is 5.97 Å². The number of aliphatic carboxylic acids is 1. The smallest absolute Gasteiger partial charge is 0.307 e. The lowest BCUT2D eigenvalue weighted by molar-refractivity contribution is -0.136. The van der Waals surface area contributed by atoms with Crippen LogP contribution in [0.5, 0.6) is 5.75 Å². The molecule has 0 unspecified atom stereocenters. The van der Waals surface area contributed by atoms with Crippen LogP contribution in [0.3, 0.4) is 0 Å².